The monoisotopic (exact) mass is 348 g/mol. The van der Waals surface area contributed by atoms with Crippen molar-refractivity contribution in [3.8, 4) is 0 Å². The quantitative estimate of drug-likeness (QED) is 0.831. The van der Waals surface area contributed by atoms with E-state index in [1.807, 2.05) is 17.2 Å². The molecule has 0 radical (unpaired) electrons. The zero-order chi connectivity index (χ0) is 17.3. The minimum atomic E-state index is -0.477. The third-order valence-electron chi connectivity index (χ3n) is 4.31. The van der Waals surface area contributed by atoms with Gasteiger partial charge in [0.2, 0.25) is 5.91 Å². The molecule has 0 spiro atoms. The van der Waals surface area contributed by atoms with Gasteiger partial charge >= 0.3 is 5.69 Å². The Bertz CT molecular complexity index is 867. The molecule has 2 aromatic heterocycles. The van der Waals surface area contributed by atoms with E-state index in [-0.39, 0.29) is 24.1 Å². The SMILES string of the molecule is Cc1csc(C2CCCCN2C(=O)Cn2ccc(=O)n(C)c2=O)n1. The highest BCUT2D eigenvalue weighted by molar-refractivity contribution is 7.09. The number of piperidine rings is 1. The van der Waals surface area contributed by atoms with Gasteiger partial charge in [0, 0.05) is 36.9 Å². The third-order valence-corrected chi connectivity index (χ3v) is 5.37. The van der Waals surface area contributed by atoms with E-state index in [1.165, 1.54) is 23.9 Å². The summed E-state index contributed by atoms with van der Waals surface area (Å²) < 4.78 is 2.29. The van der Waals surface area contributed by atoms with Crippen LogP contribution in [0.4, 0.5) is 0 Å². The van der Waals surface area contributed by atoms with E-state index in [1.54, 1.807) is 11.3 Å². The fourth-order valence-electron chi connectivity index (χ4n) is 2.99. The molecule has 1 fully saturated rings. The van der Waals surface area contributed by atoms with Gasteiger partial charge in [0.15, 0.2) is 0 Å². The molecule has 8 heteroatoms. The van der Waals surface area contributed by atoms with Crippen molar-refractivity contribution in [3.63, 3.8) is 0 Å². The molecule has 0 aromatic carbocycles. The number of aromatic nitrogens is 3. The molecule has 1 aliphatic rings. The molecular weight excluding hydrogens is 328 g/mol. The van der Waals surface area contributed by atoms with E-state index < -0.39 is 5.69 Å². The molecule has 1 amide bonds. The Morgan fingerprint density at radius 3 is 2.88 bits per heavy atom. The lowest BCUT2D eigenvalue weighted by atomic mass is 10.0. The maximum atomic E-state index is 12.8. The third kappa shape index (κ3) is 3.19. The number of thiazole rings is 1. The van der Waals surface area contributed by atoms with Crippen molar-refractivity contribution >= 4 is 17.2 Å². The number of hydrogen-bond acceptors (Lipinski definition) is 5. The van der Waals surface area contributed by atoms with E-state index in [2.05, 4.69) is 4.98 Å². The molecule has 0 N–H and O–H groups in total. The molecule has 3 heterocycles. The van der Waals surface area contributed by atoms with Crippen molar-refractivity contribution in [1.82, 2.24) is 19.0 Å². The van der Waals surface area contributed by atoms with Crippen LogP contribution in [-0.4, -0.2) is 31.5 Å². The van der Waals surface area contributed by atoms with Crippen LogP contribution in [0.2, 0.25) is 0 Å². The van der Waals surface area contributed by atoms with Crippen molar-refractivity contribution < 1.29 is 4.79 Å². The summed E-state index contributed by atoms with van der Waals surface area (Å²) in [5.74, 6) is -0.117. The van der Waals surface area contributed by atoms with E-state index in [0.29, 0.717) is 6.54 Å². The number of hydrogen-bond donors (Lipinski definition) is 0. The van der Waals surface area contributed by atoms with Crippen molar-refractivity contribution in [2.24, 2.45) is 7.05 Å². The molecule has 24 heavy (non-hydrogen) atoms. The highest BCUT2D eigenvalue weighted by atomic mass is 32.1. The first-order valence-electron chi connectivity index (χ1n) is 7.95. The molecule has 1 atom stereocenters. The maximum Gasteiger partial charge on any atom is 0.331 e. The van der Waals surface area contributed by atoms with Crippen LogP contribution in [0.25, 0.3) is 0 Å². The molecular formula is C16H20N4O3S. The number of aryl methyl sites for hydroxylation is 1. The summed E-state index contributed by atoms with van der Waals surface area (Å²) in [6.07, 6.45) is 4.29. The first-order valence-corrected chi connectivity index (χ1v) is 8.83. The predicted molar refractivity (Wildman–Crippen MR) is 91.1 cm³/mol. The minimum Gasteiger partial charge on any atom is -0.332 e. The smallest absolute Gasteiger partial charge is 0.331 e. The van der Waals surface area contributed by atoms with E-state index >= 15 is 0 Å². The Hall–Kier alpha value is -2.22. The van der Waals surface area contributed by atoms with Crippen LogP contribution in [0.1, 0.15) is 36.0 Å². The zero-order valence-corrected chi connectivity index (χ0v) is 14.6. The molecule has 1 aliphatic heterocycles. The summed E-state index contributed by atoms with van der Waals surface area (Å²) >= 11 is 1.57. The second-order valence-electron chi connectivity index (χ2n) is 6.05. The number of nitrogens with zero attached hydrogens (tertiary/aromatic N) is 4. The first-order chi connectivity index (χ1) is 11.5. The second kappa shape index (κ2) is 6.72. The van der Waals surface area contributed by atoms with Gasteiger partial charge in [0.25, 0.3) is 5.56 Å². The maximum absolute atomic E-state index is 12.8. The van der Waals surface area contributed by atoms with E-state index in [4.69, 9.17) is 0 Å². The van der Waals surface area contributed by atoms with Crippen molar-refractivity contribution in [3.05, 3.63) is 49.2 Å². The Morgan fingerprint density at radius 1 is 1.38 bits per heavy atom. The molecule has 0 saturated carbocycles. The highest BCUT2D eigenvalue weighted by Gasteiger charge is 2.30. The van der Waals surface area contributed by atoms with Crippen molar-refractivity contribution in [1.29, 1.82) is 0 Å². The predicted octanol–water partition coefficient (Wildman–Crippen LogP) is 1.07. The molecule has 0 bridgehead atoms. The molecule has 128 valence electrons. The van der Waals surface area contributed by atoms with Crippen LogP contribution in [-0.2, 0) is 18.4 Å². The number of amides is 1. The largest absolute Gasteiger partial charge is 0.332 e. The van der Waals surface area contributed by atoms with Crippen LogP contribution in [0.5, 0.6) is 0 Å². The molecule has 1 saturated heterocycles. The van der Waals surface area contributed by atoms with E-state index in [9.17, 15) is 14.4 Å². The fourth-order valence-corrected chi connectivity index (χ4v) is 3.93. The van der Waals surface area contributed by atoms with Crippen LogP contribution in [0.15, 0.2) is 27.2 Å². The lowest BCUT2D eigenvalue weighted by molar-refractivity contribution is -0.135. The number of carbonyl (C=O) groups is 1. The lowest BCUT2D eigenvalue weighted by Gasteiger charge is -2.34. The normalized spacial score (nSPS) is 17.9. The average molecular weight is 348 g/mol. The molecule has 2 aromatic rings. The lowest BCUT2D eigenvalue weighted by Crippen LogP contribution is -2.44. The summed E-state index contributed by atoms with van der Waals surface area (Å²) in [7, 11) is 1.41. The number of carbonyl (C=O) groups excluding carboxylic acids is 1. The number of likely N-dealkylation sites (tertiary alicyclic amines) is 1. The van der Waals surface area contributed by atoms with Gasteiger partial charge in [0.1, 0.15) is 11.6 Å². The van der Waals surface area contributed by atoms with Crippen LogP contribution >= 0.6 is 11.3 Å². The fraction of sp³-hybridized carbons (Fsp3) is 0.500. The Labute approximate surface area is 143 Å². The van der Waals surface area contributed by atoms with Gasteiger partial charge in [-0.05, 0) is 26.2 Å². The molecule has 3 rings (SSSR count). The summed E-state index contributed by atoms with van der Waals surface area (Å²) in [6, 6.07) is 1.28. The van der Waals surface area contributed by atoms with Crippen molar-refractivity contribution in [2.75, 3.05) is 6.54 Å². The molecule has 7 nitrogen and oxygen atoms in total. The zero-order valence-electron chi connectivity index (χ0n) is 13.8. The second-order valence-corrected chi connectivity index (χ2v) is 6.94. The topological polar surface area (TPSA) is 77.2 Å². The standard InChI is InChI=1S/C16H20N4O3S/c1-11-10-24-15(17-11)12-5-3-4-7-20(12)14(22)9-19-8-6-13(21)18(2)16(19)23/h6,8,10,12H,3-5,7,9H2,1-2H3. The first kappa shape index (κ1) is 16.6. The summed E-state index contributed by atoms with van der Waals surface area (Å²) in [5.41, 5.74) is 0.106. The van der Waals surface area contributed by atoms with Gasteiger partial charge in [-0.15, -0.1) is 11.3 Å². The van der Waals surface area contributed by atoms with Gasteiger partial charge < -0.3 is 4.90 Å². The summed E-state index contributed by atoms with van der Waals surface area (Å²) in [6.45, 7) is 2.55. The molecule has 0 aliphatic carbocycles. The minimum absolute atomic E-state index is 0.0202. The van der Waals surface area contributed by atoms with Gasteiger partial charge in [-0.3, -0.25) is 18.7 Å². The van der Waals surface area contributed by atoms with Gasteiger partial charge in [-0.25, -0.2) is 9.78 Å². The average Bonchev–Trinajstić information content (AvgIpc) is 3.01. The van der Waals surface area contributed by atoms with Crippen LogP contribution in [0, 0.1) is 6.92 Å². The van der Waals surface area contributed by atoms with Crippen molar-refractivity contribution in [2.45, 2.75) is 38.8 Å². The summed E-state index contributed by atoms with van der Waals surface area (Å²) in [4.78, 5) is 42.7. The Kier molecular flexibility index (Phi) is 4.66. The summed E-state index contributed by atoms with van der Waals surface area (Å²) in [5, 5.41) is 2.94. The van der Waals surface area contributed by atoms with Crippen LogP contribution < -0.4 is 11.2 Å². The Morgan fingerprint density at radius 2 is 2.17 bits per heavy atom. The van der Waals surface area contributed by atoms with Gasteiger partial charge in [-0.1, -0.05) is 0 Å². The number of rotatable bonds is 3. The highest BCUT2D eigenvalue weighted by Crippen LogP contribution is 2.32. The Balaban J connectivity index is 1.84. The van der Waals surface area contributed by atoms with E-state index in [0.717, 1.165) is 34.5 Å². The van der Waals surface area contributed by atoms with Gasteiger partial charge in [0.05, 0.1) is 6.04 Å². The van der Waals surface area contributed by atoms with Gasteiger partial charge in [-0.2, -0.15) is 0 Å². The van der Waals surface area contributed by atoms with Crippen LogP contribution in [0.3, 0.4) is 0 Å². The molecule has 1 unspecified atom stereocenters.